The van der Waals surface area contributed by atoms with E-state index >= 15 is 0 Å². The lowest BCUT2D eigenvalue weighted by molar-refractivity contribution is 0.730. The number of thioether (sulfide) groups is 1. The van der Waals surface area contributed by atoms with Gasteiger partial charge in [0.05, 0.1) is 5.75 Å². The van der Waals surface area contributed by atoms with Crippen molar-refractivity contribution in [2.24, 2.45) is 12.8 Å². The topological polar surface area (TPSA) is 56.7 Å². The fourth-order valence-electron chi connectivity index (χ4n) is 1.47. The van der Waals surface area contributed by atoms with Gasteiger partial charge in [-0.3, -0.25) is 4.68 Å². The Morgan fingerprint density at radius 3 is 2.59 bits per heavy atom. The van der Waals surface area contributed by atoms with Crippen molar-refractivity contribution in [3.8, 4) is 0 Å². The Kier molecular flexibility index (Phi) is 3.81. The highest BCUT2D eigenvalue weighted by Crippen LogP contribution is 2.23. The normalized spacial score (nSPS) is 12.6. The van der Waals surface area contributed by atoms with E-state index in [4.69, 9.17) is 5.73 Å². The van der Waals surface area contributed by atoms with Crippen LogP contribution in [0.2, 0.25) is 0 Å². The molecule has 0 fully saturated rings. The van der Waals surface area contributed by atoms with Crippen molar-refractivity contribution < 1.29 is 0 Å². The van der Waals surface area contributed by atoms with E-state index in [1.54, 1.807) is 22.8 Å². The van der Waals surface area contributed by atoms with Crippen LogP contribution in [0.1, 0.15) is 24.4 Å². The van der Waals surface area contributed by atoms with Gasteiger partial charge in [0.15, 0.2) is 0 Å². The molecule has 0 aliphatic rings. The average Bonchev–Trinajstić information content (AvgIpc) is 2.73. The fourth-order valence-corrected chi connectivity index (χ4v) is 2.35. The van der Waals surface area contributed by atoms with Gasteiger partial charge in [-0.15, -0.1) is 11.8 Å². The SMILES string of the molecule is CC(N)c1ccc(SCc2ncnn2C)cc1. The Morgan fingerprint density at radius 1 is 1.35 bits per heavy atom. The summed E-state index contributed by atoms with van der Waals surface area (Å²) in [6, 6.07) is 8.43. The highest BCUT2D eigenvalue weighted by Gasteiger charge is 2.03. The molecule has 0 radical (unpaired) electrons. The molecule has 1 aromatic heterocycles. The molecule has 1 heterocycles. The van der Waals surface area contributed by atoms with Gasteiger partial charge in [-0.05, 0) is 24.6 Å². The van der Waals surface area contributed by atoms with E-state index in [1.165, 1.54) is 4.90 Å². The summed E-state index contributed by atoms with van der Waals surface area (Å²) < 4.78 is 1.79. The summed E-state index contributed by atoms with van der Waals surface area (Å²) in [7, 11) is 1.90. The molecule has 2 aromatic rings. The lowest BCUT2D eigenvalue weighted by Gasteiger charge is -2.06. The van der Waals surface area contributed by atoms with Crippen molar-refractivity contribution >= 4 is 11.8 Å². The molecule has 2 N–H and O–H groups in total. The van der Waals surface area contributed by atoms with Crippen molar-refractivity contribution in [2.75, 3.05) is 0 Å². The van der Waals surface area contributed by atoms with Gasteiger partial charge < -0.3 is 5.73 Å². The van der Waals surface area contributed by atoms with Crippen LogP contribution in [0.15, 0.2) is 35.5 Å². The van der Waals surface area contributed by atoms with Crippen LogP contribution in [0.5, 0.6) is 0 Å². The second kappa shape index (κ2) is 5.33. The predicted octanol–water partition coefficient (Wildman–Crippen LogP) is 2.13. The average molecular weight is 248 g/mol. The summed E-state index contributed by atoms with van der Waals surface area (Å²) in [6.07, 6.45) is 1.58. The molecule has 0 spiro atoms. The highest BCUT2D eigenvalue weighted by atomic mass is 32.2. The zero-order chi connectivity index (χ0) is 12.3. The molecule has 0 saturated heterocycles. The van der Waals surface area contributed by atoms with E-state index in [0.717, 1.165) is 17.1 Å². The molecule has 4 nitrogen and oxygen atoms in total. The number of benzene rings is 1. The maximum atomic E-state index is 5.81. The van der Waals surface area contributed by atoms with E-state index in [0.29, 0.717) is 0 Å². The van der Waals surface area contributed by atoms with Crippen LogP contribution in [-0.2, 0) is 12.8 Å². The molecule has 0 aliphatic heterocycles. The first-order chi connectivity index (χ1) is 8.16. The quantitative estimate of drug-likeness (QED) is 0.842. The van der Waals surface area contributed by atoms with E-state index in [9.17, 15) is 0 Å². The molecule has 1 aromatic carbocycles. The van der Waals surface area contributed by atoms with Crippen molar-refractivity contribution in [3.05, 3.63) is 42.0 Å². The van der Waals surface area contributed by atoms with Crippen molar-refractivity contribution in [2.45, 2.75) is 23.6 Å². The molecule has 1 atom stereocenters. The standard InChI is InChI=1S/C12H16N4S/c1-9(13)10-3-5-11(6-4-10)17-7-12-14-8-15-16(12)2/h3-6,8-9H,7,13H2,1-2H3. The first-order valence-corrected chi connectivity index (χ1v) is 6.46. The van der Waals surface area contributed by atoms with Crippen molar-refractivity contribution in [1.82, 2.24) is 14.8 Å². The summed E-state index contributed by atoms with van der Waals surface area (Å²) in [5.74, 6) is 1.81. The van der Waals surface area contributed by atoms with Crippen molar-refractivity contribution in [3.63, 3.8) is 0 Å². The maximum absolute atomic E-state index is 5.81. The van der Waals surface area contributed by atoms with Crippen LogP contribution in [0.3, 0.4) is 0 Å². The van der Waals surface area contributed by atoms with E-state index < -0.39 is 0 Å². The van der Waals surface area contributed by atoms with Crippen LogP contribution >= 0.6 is 11.8 Å². The number of hydrogen-bond donors (Lipinski definition) is 1. The van der Waals surface area contributed by atoms with E-state index in [-0.39, 0.29) is 6.04 Å². The molecule has 0 bridgehead atoms. The molecular formula is C12H16N4S. The van der Waals surface area contributed by atoms with Gasteiger partial charge in [0.2, 0.25) is 0 Å². The molecule has 5 heteroatoms. The number of rotatable bonds is 4. The predicted molar refractivity (Wildman–Crippen MR) is 69.6 cm³/mol. The molecule has 90 valence electrons. The Balaban J connectivity index is 1.98. The first-order valence-electron chi connectivity index (χ1n) is 5.48. The lowest BCUT2D eigenvalue weighted by Crippen LogP contribution is -2.04. The van der Waals surface area contributed by atoms with Gasteiger partial charge in [-0.1, -0.05) is 12.1 Å². The van der Waals surface area contributed by atoms with E-state index in [1.807, 2.05) is 14.0 Å². The highest BCUT2D eigenvalue weighted by molar-refractivity contribution is 7.98. The third kappa shape index (κ3) is 3.08. The fraction of sp³-hybridized carbons (Fsp3) is 0.333. The van der Waals surface area contributed by atoms with Crippen LogP contribution in [0.4, 0.5) is 0 Å². The van der Waals surface area contributed by atoms with Gasteiger partial charge in [0.25, 0.3) is 0 Å². The Bertz CT molecular complexity index is 476. The van der Waals surface area contributed by atoms with Gasteiger partial charge in [0.1, 0.15) is 12.2 Å². The molecular weight excluding hydrogens is 232 g/mol. The first kappa shape index (κ1) is 12.1. The summed E-state index contributed by atoms with van der Waals surface area (Å²) in [5.41, 5.74) is 6.97. The number of nitrogens with zero attached hydrogens (tertiary/aromatic N) is 3. The number of hydrogen-bond acceptors (Lipinski definition) is 4. The molecule has 17 heavy (non-hydrogen) atoms. The molecule has 0 aliphatic carbocycles. The molecule has 1 unspecified atom stereocenters. The Labute approximate surface area is 105 Å². The second-order valence-electron chi connectivity index (χ2n) is 3.95. The van der Waals surface area contributed by atoms with Crippen molar-refractivity contribution in [1.29, 1.82) is 0 Å². The number of aromatic nitrogens is 3. The van der Waals surface area contributed by atoms with Crippen LogP contribution in [0.25, 0.3) is 0 Å². The van der Waals surface area contributed by atoms with Gasteiger partial charge in [-0.2, -0.15) is 5.10 Å². The molecule has 0 saturated carbocycles. The molecule has 0 amide bonds. The Hall–Kier alpha value is -1.33. The van der Waals surface area contributed by atoms with Gasteiger partial charge in [0, 0.05) is 18.0 Å². The summed E-state index contributed by atoms with van der Waals surface area (Å²) in [5, 5.41) is 4.04. The largest absolute Gasteiger partial charge is 0.324 e. The summed E-state index contributed by atoms with van der Waals surface area (Å²) in [4.78, 5) is 5.41. The second-order valence-corrected chi connectivity index (χ2v) is 5.00. The van der Waals surface area contributed by atoms with Crippen LogP contribution in [-0.4, -0.2) is 14.8 Å². The zero-order valence-electron chi connectivity index (χ0n) is 10.00. The monoisotopic (exact) mass is 248 g/mol. The number of aryl methyl sites for hydroxylation is 1. The third-order valence-electron chi connectivity index (χ3n) is 2.58. The summed E-state index contributed by atoms with van der Waals surface area (Å²) >= 11 is 1.75. The smallest absolute Gasteiger partial charge is 0.138 e. The van der Waals surface area contributed by atoms with E-state index in [2.05, 4.69) is 34.3 Å². The minimum absolute atomic E-state index is 0.0905. The van der Waals surface area contributed by atoms with Crippen LogP contribution < -0.4 is 5.73 Å². The van der Waals surface area contributed by atoms with Gasteiger partial charge >= 0.3 is 0 Å². The summed E-state index contributed by atoms with van der Waals surface area (Å²) in [6.45, 7) is 1.99. The number of nitrogens with two attached hydrogens (primary N) is 1. The maximum Gasteiger partial charge on any atom is 0.138 e. The zero-order valence-corrected chi connectivity index (χ0v) is 10.8. The minimum atomic E-state index is 0.0905. The Morgan fingerprint density at radius 2 is 2.06 bits per heavy atom. The molecule has 2 rings (SSSR count). The van der Waals surface area contributed by atoms with Gasteiger partial charge in [-0.25, -0.2) is 4.98 Å². The minimum Gasteiger partial charge on any atom is -0.324 e. The van der Waals surface area contributed by atoms with Crippen LogP contribution in [0, 0.1) is 0 Å². The lowest BCUT2D eigenvalue weighted by atomic mass is 10.1. The third-order valence-corrected chi connectivity index (χ3v) is 3.59.